The van der Waals surface area contributed by atoms with E-state index in [4.69, 9.17) is 0 Å². The van der Waals surface area contributed by atoms with Crippen LogP contribution in [0.3, 0.4) is 0 Å². The molecule has 3 heteroatoms. The van der Waals surface area contributed by atoms with E-state index in [9.17, 15) is 0 Å². The number of thiophene rings is 1. The second-order valence-corrected chi connectivity index (χ2v) is 5.13. The van der Waals surface area contributed by atoms with Crippen molar-refractivity contribution in [3.05, 3.63) is 22.4 Å². The molecule has 0 aliphatic rings. The Balaban J connectivity index is 2.03. The monoisotopic (exact) mass is 240 g/mol. The maximum Gasteiger partial charge on any atom is 0.0109 e. The number of nitrogens with zero attached hydrogens (tertiary/aromatic N) is 1. The van der Waals surface area contributed by atoms with E-state index in [1.807, 2.05) is 0 Å². The molecule has 0 amide bonds. The van der Waals surface area contributed by atoms with Crippen molar-refractivity contribution in [1.29, 1.82) is 0 Å². The summed E-state index contributed by atoms with van der Waals surface area (Å²) >= 11 is 1.78. The lowest BCUT2D eigenvalue weighted by molar-refractivity contribution is 0.234. The van der Waals surface area contributed by atoms with Crippen molar-refractivity contribution in [3.63, 3.8) is 0 Å². The highest BCUT2D eigenvalue weighted by Crippen LogP contribution is 2.05. The first-order valence-corrected chi connectivity index (χ1v) is 7.14. The number of hydrogen-bond acceptors (Lipinski definition) is 3. The number of likely N-dealkylation sites (N-methyl/N-ethyl adjacent to an activating group) is 1. The van der Waals surface area contributed by atoms with Gasteiger partial charge < -0.3 is 5.32 Å². The van der Waals surface area contributed by atoms with Gasteiger partial charge in [-0.2, -0.15) is 11.3 Å². The van der Waals surface area contributed by atoms with Crippen LogP contribution < -0.4 is 5.32 Å². The smallest absolute Gasteiger partial charge is 0.0109 e. The summed E-state index contributed by atoms with van der Waals surface area (Å²) in [5.74, 6) is 0. The van der Waals surface area contributed by atoms with Crippen molar-refractivity contribution in [2.75, 3.05) is 26.2 Å². The molecule has 0 spiro atoms. The Bertz CT molecular complexity index is 257. The lowest BCUT2D eigenvalue weighted by Crippen LogP contribution is -2.37. The van der Waals surface area contributed by atoms with Crippen LogP contribution in [0.15, 0.2) is 16.8 Å². The van der Waals surface area contributed by atoms with Crippen molar-refractivity contribution in [2.45, 2.75) is 33.2 Å². The highest BCUT2D eigenvalue weighted by Gasteiger charge is 2.05. The molecule has 1 rings (SSSR count). The Morgan fingerprint density at radius 2 is 2.19 bits per heavy atom. The highest BCUT2D eigenvalue weighted by molar-refractivity contribution is 7.07. The first-order chi connectivity index (χ1) is 7.74. The molecule has 92 valence electrons. The average molecular weight is 240 g/mol. The van der Waals surface area contributed by atoms with Crippen LogP contribution in [0.25, 0.3) is 0 Å². The van der Waals surface area contributed by atoms with Crippen LogP contribution >= 0.6 is 11.3 Å². The summed E-state index contributed by atoms with van der Waals surface area (Å²) in [6.45, 7) is 11.2. The third kappa shape index (κ3) is 5.10. The van der Waals surface area contributed by atoms with Gasteiger partial charge in [0.1, 0.15) is 0 Å². The van der Waals surface area contributed by atoms with Crippen LogP contribution in [0.2, 0.25) is 0 Å². The maximum absolute atomic E-state index is 3.51. The minimum Gasteiger partial charge on any atom is -0.315 e. The fourth-order valence-electron chi connectivity index (χ4n) is 1.80. The fourth-order valence-corrected chi connectivity index (χ4v) is 2.50. The van der Waals surface area contributed by atoms with E-state index in [0.29, 0.717) is 6.04 Å². The standard InChI is InChI=1S/C13H24N2S/c1-4-15(12(2)3)9-8-14-7-5-13-6-10-16-11-13/h6,10-12,14H,4-5,7-9H2,1-3H3. The molecule has 0 saturated carbocycles. The largest absolute Gasteiger partial charge is 0.315 e. The van der Waals surface area contributed by atoms with Gasteiger partial charge in [0.15, 0.2) is 0 Å². The molecule has 0 saturated heterocycles. The van der Waals surface area contributed by atoms with E-state index < -0.39 is 0 Å². The molecule has 1 heterocycles. The van der Waals surface area contributed by atoms with Crippen LogP contribution in [-0.4, -0.2) is 37.1 Å². The summed E-state index contributed by atoms with van der Waals surface area (Å²) < 4.78 is 0. The molecular weight excluding hydrogens is 216 g/mol. The molecule has 2 nitrogen and oxygen atoms in total. The highest BCUT2D eigenvalue weighted by atomic mass is 32.1. The SMILES string of the molecule is CCN(CCNCCc1ccsc1)C(C)C. The van der Waals surface area contributed by atoms with Gasteiger partial charge in [-0.1, -0.05) is 6.92 Å². The van der Waals surface area contributed by atoms with Crippen LogP contribution in [0.5, 0.6) is 0 Å². The van der Waals surface area contributed by atoms with Crippen molar-refractivity contribution >= 4 is 11.3 Å². The van der Waals surface area contributed by atoms with E-state index in [1.54, 1.807) is 11.3 Å². The molecule has 0 aliphatic carbocycles. The molecule has 1 aromatic heterocycles. The van der Waals surface area contributed by atoms with Crippen LogP contribution in [0.4, 0.5) is 0 Å². The average Bonchev–Trinajstić information content (AvgIpc) is 2.75. The Morgan fingerprint density at radius 3 is 2.75 bits per heavy atom. The summed E-state index contributed by atoms with van der Waals surface area (Å²) in [5, 5.41) is 7.88. The van der Waals surface area contributed by atoms with Gasteiger partial charge in [0.2, 0.25) is 0 Å². The molecule has 0 fully saturated rings. The minimum atomic E-state index is 0.656. The van der Waals surface area contributed by atoms with Crippen molar-refractivity contribution < 1.29 is 0 Å². The minimum absolute atomic E-state index is 0.656. The van der Waals surface area contributed by atoms with Gasteiger partial charge in [-0.15, -0.1) is 0 Å². The van der Waals surface area contributed by atoms with Gasteiger partial charge in [0.25, 0.3) is 0 Å². The Morgan fingerprint density at radius 1 is 1.38 bits per heavy atom. The van der Waals surface area contributed by atoms with Crippen LogP contribution in [0, 0.1) is 0 Å². The van der Waals surface area contributed by atoms with E-state index >= 15 is 0 Å². The fraction of sp³-hybridized carbons (Fsp3) is 0.692. The first kappa shape index (κ1) is 13.7. The first-order valence-electron chi connectivity index (χ1n) is 6.20. The second-order valence-electron chi connectivity index (χ2n) is 4.35. The molecule has 0 radical (unpaired) electrons. The molecule has 0 aromatic carbocycles. The number of rotatable bonds is 8. The van der Waals surface area contributed by atoms with Crippen LogP contribution in [0.1, 0.15) is 26.3 Å². The van der Waals surface area contributed by atoms with Crippen molar-refractivity contribution in [1.82, 2.24) is 10.2 Å². The number of hydrogen-bond donors (Lipinski definition) is 1. The summed E-state index contributed by atoms with van der Waals surface area (Å²) in [6, 6.07) is 2.86. The van der Waals surface area contributed by atoms with E-state index in [0.717, 1.165) is 32.6 Å². The summed E-state index contributed by atoms with van der Waals surface area (Å²) in [5.41, 5.74) is 1.45. The summed E-state index contributed by atoms with van der Waals surface area (Å²) in [6.07, 6.45) is 1.15. The quantitative estimate of drug-likeness (QED) is 0.703. The Labute approximate surface area is 104 Å². The van der Waals surface area contributed by atoms with Gasteiger partial charge in [-0.25, -0.2) is 0 Å². The summed E-state index contributed by atoms with van der Waals surface area (Å²) in [4.78, 5) is 2.48. The van der Waals surface area contributed by atoms with E-state index in [2.05, 4.69) is 47.8 Å². The van der Waals surface area contributed by atoms with Gasteiger partial charge in [0.05, 0.1) is 0 Å². The zero-order valence-corrected chi connectivity index (χ0v) is 11.5. The molecule has 16 heavy (non-hydrogen) atoms. The van der Waals surface area contributed by atoms with Crippen molar-refractivity contribution in [3.8, 4) is 0 Å². The topological polar surface area (TPSA) is 15.3 Å². The van der Waals surface area contributed by atoms with Gasteiger partial charge in [0, 0.05) is 19.1 Å². The zero-order chi connectivity index (χ0) is 11.8. The van der Waals surface area contributed by atoms with Crippen molar-refractivity contribution in [2.24, 2.45) is 0 Å². The van der Waals surface area contributed by atoms with E-state index in [1.165, 1.54) is 5.56 Å². The second kappa shape index (κ2) is 7.82. The molecule has 0 bridgehead atoms. The molecule has 0 unspecified atom stereocenters. The third-order valence-corrected chi connectivity index (χ3v) is 3.61. The molecule has 1 N–H and O–H groups in total. The summed E-state index contributed by atoms with van der Waals surface area (Å²) in [7, 11) is 0. The van der Waals surface area contributed by atoms with Gasteiger partial charge in [-0.05, 0) is 55.7 Å². The molecule has 0 atom stereocenters. The normalized spacial score (nSPS) is 11.6. The Hall–Kier alpha value is -0.380. The van der Waals surface area contributed by atoms with Gasteiger partial charge >= 0.3 is 0 Å². The zero-order valence-electron chi connectivity index (χ0n) is 10.7. The lowest BCUT2D eigenvalue weighted by Gasteiger charge is -2.24. The lowest BCUT2D eigenvalue weighted by atomic mass is 10.2. The molecular formula is C13H24N2S. The van der Waals surface area contributed by atoms with E-state index in [-0.39, 0.29) is 0 Å². The predicted molar refractivity (Wildman–Crippen MR) is 73.3 cm³/mol. The van der Waals surface area contributed by atoms with Crippen LogP contribution in [-0.2, 0) is 6.42 Å². The van der Waals surface area contributed by atoms with Gasteiger partial charge in [-0.3, -0.25) is 4.90 Å². The number of nitrogens with one attached hydrogen (secondary N) is 1. The molecule has 0 aliphatic heterocycles. The predicted octanol–water partition coefficient (Wildman–Crippen LogP) is 2.61. The molecule has 1 aromatic rings. The third-order valence-electron chi connectivity index (χ3n) is 2.88. The Kier molecular flexibility index (Phi) is 6.69. The maximum atomic E-state index is 3.51.